The number of hydrogen-bond donors (Lipinski definition) is 4. The molecular formula is C12H20N2O5. The number of aliphatic carboxylic acids is 2. The summed E-state index contributed by atoms with van der Waals surface area (Å²) in [7, 11) is 0. The lowest BCUT2D eigenvalue weighted by atomic mass is 9.92. The molecule has 7 heteroatoms. The number of amides is 1. The molecule has 19 heavy (non-hydrogen) atoms. The predicted octanol–water partition coefficient (Wildman–Crippen LogP) is -0.191. The molecule has 1 aliphatic rings. The lowest BCUT2D eigenvalue weighted by Gasteiger charge is -2.28. The summed E-state index contributed by atoms with van der Waals surface area (Å²) in [5.74, 6) is -2.78. The van der Waals surface area contributed by atoms with Gasteiger partial charge in [-0.3, -0.25) is 9.59 Å². The van der Waals surface area contributed by atoms with E-state index >= 15 is 0 Å². The first-order chi connectivity index (χ1) is 8.90. The van der Waals surface area contributed by atoms with Crippen LogP contribution in [0.4, 0.5) is 0 Å². The second-order valence-electron chi connectivity index (χ2n) is 4.91. The number of rotatable bonds is 6. The Morgan fingerprint density at radius 2 is 2.05 bits per heavy atom. The Balaban J connectivity index is 2.50. The van der Waals surface area contributed by atoms with Crippen molar-refractivity contribution in [3.63, 3.8) is 0 Å². The zero-order valence-electron chi connectivity index (χ0n) is 10.9. The molecule has 1 saturated heterocycles. The summed E-state index contributed by atoms with van der Waals surface area (Å²) in [6, 6.07) is -0.902. The van der Waals surface area contributed by atoms with Crippen molar-refractivity contribution < 1.29 is 24.6 Å². The quantitative estimate of drug-likeness (QED) is 0.532. The van der Waals surface area contributed by atoms with E-state index in [1.165, 1.54) is 0 Å². The van der Waals surface area contributed by atoms with Gasteiger partial charge in [-0.05, 0) is 32.7 Å². The van der Waals surface area contributed by atoms with Crippen LogP contribution in [0.15, 0.2) is 0 Å². The molecule has 0 saturated carbocycles. The van der Waals surface area contributed by atoms with Gasteiger partial charge in [0.15, 0.2) is 0 Å². The molecule has 108 valence electrons. The van der Waals surface area contributed by atoms with E-state index in [4.69, 9.17) is 10.2 Å². The maximum Gasteiger partial charge on any atom is 0.326 e. The number of piperidine rings is 1. The monoisotopic (exact) mass is 272 g/mol. The van der Waals surface area contributed by atoms with Gasteiger partial charge in [-0.25, -0.2) is 4.79 Å². The number of carboxylic acid groups (broad SMARTS) is 2. The summed E-state index contributed by atoms with van der Waals surface area (Å²) in [5.41, 5.74) is 0. The largest absolute Gasteiger partial charge is 0.481 e. The van der Waals surface area contributed by atoms with E-state index in [2.05, 4.69) is 10.6 Å². The molecule has 4 N–H and O–H groups in total. The van der Waals surface area contributed by atoms with Crippen LogP contribution in [0.5, 0.6) is 0 Å². The smallest absolute Gasteiger partial charge is 0.326 e. The number of hydrogen-bond acceptors (Lipinski definition) is 4. The Hall–Kier alpha value is -1.63. The third-order valence-electron chi connectivity index (χ3n) is 3.26. The first-order valence-electron chi connectivity index (χ1n) is 6.38. The normalized spacial score (nSPS) is 24.5. The number of nitrogens with one attached hydrogen (secondary N) is 2. The highest BCUT2D eigenvalue weighted by atomic mass is 16.4. The van der Waals surface area contributed by atoms with Crippen LogP contribution in [0.3, 0.4) is 0 Å². The molecule has 0 bridgehead atoms. The summed E-state index contributed by atoms with van der Waals surface area (Å²) >= 11 is 0. The van der Waals surface area contributed by atoms with Gasteiger partial charge >= 0.3 is 11.9 Å². The molecule has 0 aromatic heterocycles. The highest BCUT2D eigenvalue weighted by Gasteiger charge is 2.28. The summed E-state index contributed by atoms with van der Waals surface area (Å²) in [5, 5.41) is 23.2. The first kappa shape index (κ1) is 15.4. The van der Waals surface area contributed by atoms with E-state index in [9.17, 15) is 14.4 Å². The van der Waals surface area contributed by atoms with Gasteiger partial charge in [0.25, 0.3) is 0 Å². The fraction of sp³-hybridized carbons (Fsp3) is 0.750. The second kappa shape index (κ2) is 7.08. The Morgan fingerprint density at radius 3 is 2.58 bits per heavy atom. The molecule has 7 nitrogen and oxygen atoms in total. The van der Waals surface area contributed by atoms with Crippen molar-refractivity contribution in [2.75, 3.05) is 6.54 Å². The topological polar surface area (TPSA) is 116 Å². The minimum atomic E-state index is -1.20. The molecule has 3 unspecified atom stereocenters. The van der Waals surface area contributed by atoms with Crippen LogP contribution in [0, 0.1) is 5.92 Å². The Kier molecular flexibility index (Phi) is 5.75. The standard InChI is InChI=1S/C12H20N2O5/c1-7-6-8(4-5-13-7)11(17)14-9(12(18)19)2-3-10(15)16/h7-9,13H,2-6H2,1H3,(H,14,17)(H,15,16)(H,18,19). The van der Waals surface area contributed by atoms with Gasteiger partial charge in [0.05, 0.1) is 0 Å². The molecule has 0 radical (unpaired) electrons. The maximum atomic E-state index is 12.0. The summed E-state index contributed by atoms with van der Waals surface area (Å²) in [6.45, 7) is 2.70. The molecule has 0 aromatic carbocycles. The zero-order valence-corrected chi connectivity index (χ0v) is 10.9. The Labute approximate surface area is 111 Å². The summed E-state index contributed by atoms with van der Waals surface area (Å²) in [4.78, 5) is 33.4. The van der Waals surface area contributed by atoms with Crippen LogP contribution in [0.2, 0.25) is 0 Å². The van der Waals surface area contributed by atoms with Crippen LogP contribution < -0.4 is 10.6 Å². The van der Waals surface area contributed by atoms with E-state index in [1.54, 1.807) is 0 Å². The van der Waals surface area contributed by atoms with Crippen LogP contribution in [0.25, 0.3) is 0 Å². The highest BCUT2D eigenvalue weighted by molar-refractivity contribution is 5.85. The van der Waals surface area contributed by atoms with Crippen LogP contribution in [0.1, 0.15) is 32.6 Å². The molecule has 1 rings (SSSR count). The Morgan fingerprint density at radius 1 is 1.37 bits per heavy atom. The van der Waals surface area contributed by atoms with Gasteiger partial charge in [-0.15, -0.1) is 0 Å². The molecular weight excluding hydrogens is 252 g/mol. The maximum absolute atomic E-state index is 12.0. The second-order valence-corrected chi connectivity index (χ2v) is 4.91. The van der Waals surface area contributed by atoms with Crippen molar-refractivity contribution in [3.05, 3.63) is 0 Å². The van der Waals surface area contributed by atoms with E-state index in [-0.39, 0.29) is 30.7 Å². The van der Waals surface area contributed by atoms with E-state index in [1.807, 2.05) is 6.92 Å². The average molecular weight is 272 g/mol. The van der Waals surface area contributed by atoms with Crippen molar-refractivity contribution in [2.45, 2.75) is 44.7 Å². The molecule has 1 aliphatic heterocycles. The van der Waals surface area contributed by atoms with E-state index in [0.717, 1.165) is 6.54 Å². The van der Waals surface area contributed by atoms with Crippen LogP contribution in [-0.2, 0) is 14.4 Å². The lowest BCUT2D eigenvalue weighted by molar-refractivity contribution is -0.143. The molecule has 1 fully saturated rings. The molecule has 0 spiro atoms. The number of carbonyl (C=O) groups excluding carboxylic acids is 1. The van der Waals surface area contributed by atoms with Gasteiger partial charge in [-0.2, -0.15) is 0 Å². The highest BCUT2D eigenvalue weighted by Crippen LogP contribution is 2.16. The van der Waals surface area contributed by atoms with Gasteiger partial charge in [-0.1, -0.05) is 0 Å². The number of carbonyl (C=O) groups is 3. The molecule has 0 aliphatic carbocycles. The van der Waals surface area contributed by atoms with Crippen LogP contribution in [-0.4, -0.2) is 46.7 Å². The Bertz CT molecular complexity index is 358. The molecule has 0 aromatic rings. The van der Waals surface area contributed by atoms with Gasteiger partial charge < -0.3 is 20.8 Å². The first-order valence-corrected chi connectivity index (χ1v) is 6.38. The molecule has 3 atom stereocenters. The molecule has 1 heterocycles. The van der Waals surface area contributed by atoms with Crippen molar-refractivity contribution in [2.24, 2.45) is 5.92 Å². The van der Waals surface area contributed by atoms with Crippen LogP contribution >= 0.6 is 0 Å². The minimum Gasteiger partial charge on any atom is -0.481 e. The average Bonchev–Trinajstić information content (AvgIpc) is 2.33. The van der Waals surface area contributed by atoms with Crippen molar-refractivity contribution in [1.29, 1.82) is 0 Å². The van der Waals surface area contributed by atoms with Gasteiger partial charge in [0, 0.05) is 18.4 Å². The zero-order chi connectivity index (χ0) is 14.4. The fourth-order valence-corrected chi connectivity index (χ4v) is 2.18. The SMILES string of the molecule is CC1CC(C(=O)NC(CCC(=O)O)C(=O)O)CCN1. The third kappa shape index (κ3) is 5.25. The predicted molar refractivity (Wildman–Crippen MR) is 66.6 cm³/mol. The van der Waals surface area contributed by atoms with Crippen molar-refractivity contribution >= 4 is 17.8 Å². The summed E-state index contributed by atoms with van der Waals surface area (Å²) < 4.78 is 0. The van der Waals surface area contributed by atoms with Crippen molar-refractivity contribution in [1.82, 2.24) is 10.6 Å². The fourth-order valence-electron chi connectivity index (χ4n) is 2.18. The van der Waals surface area contributed by atoms with Gasteiger partial charge in [0.1, 0.15) is 6.04 Å². The van der Waals surface area contributed by atoms with Gasteiger partial charge in [0.2, 0.25) is 5.91 Å². The number of carboxylic acids is 2. The minimum absolute atomic E-state index is 0.100. The molecule has 1 amide bonds. The van der Waals surface area contributed by atoms with E-state index < -0.39 is 18.0 Å². The summed E-state index contributed by atoms with van der Waals surface area (Å²) in [6.07, 6.45) is 0.954. The lowest BCUT2D eigenvalue weighted by Crippen LogP contribution is -2.47. The third-order valence-corrected chi connectivity index (χ3v) is 3.26. The van der Waals surface area contributed by atoms with Crippen molar-refractivity contribution in [3.8, 4) is 0 Å². The van der Waals surface area contributed by atoms with E-state index in [0.29, 0.717) is 12.8 Å².